The SMILES string of the molecule is COCC(C)(C)COC(=O)CCCCC(=O)OCC(C)(C)COC(=O)CCCCC(=O)OCC(C)(C)COC(=O)CCCCC(=O)OCC(C)(C)COC(=O)c1cc(C(=O)OCC(C)(C)COC(=O)CCCCC(=O)OCC(C)(C)COC(=O)CCCCC(=O)OCC(C)(C)COC(=O)CCCCC(=O)OCC(C)(C)COO)cc(S(=O)(=O)O)c1. The van der Waals surface area contributed by atoms with Crippen molar-refractivity contribution in [1.29, 1.82) is 0 Å². The average molecular weight is 1730 g/mol. The highest BCUT2D eigenvalue weighted by molar-refractivity contribution is 7.85. The Hall–Kier alpha value is -8.41. The number of carbonyl (C=O) groups is 14. The van der Waals surface area contributed by atoms with Crippen LogP contribution in [-0.4, -0.2) is 215 Å². The number of ether oxygens (including phenoxy) is 15. The Bertz CT molecular complexity index is 3340. The van der Waals surface area contributed by atoms with Gasteiger partial charge in [0.1, 0.15) is 0 Å². The molecule has 2 N–H and O–H groups in total. The summed E-state index contributed by atoms with van der Waals surface area (Å²) in [4.78, 5) is 179. The summed E-state index contributed by atoms with van der Waals surface area (Å²) in [6.07, 6.45) is 4.76. The summed E-state index contributed by atoms with van der Waals surface area (Å²) in [6.45, 7) is 27.3. The number of esters is 14. The highest BCUT2D eigenvalue weighted by Gasteiger charge is 2.32. The van der Waals surface area contributed by atoms with Gasteiger partial charge < -0.3 is 71.1 Å². The normalized spacial score (nSPS) is 12.2. The van der Waals surface area contributed by atoms with E-state index in [1.165, 1.54) is 0 Å². The van der Waals surface area contributed by atoms with E-state index in [2.05, 4.69) is 4.89 Å². The van der Waals surface area contributed by atoms with Crippen LogP contribution >= 0.6 is 0 Å². The van der Waals surface area contributed by atoms with Crippen molar-refractivity contribution in [3.8, 4) is 0 Å². The molecule has 0 spiro atoms. The molecular weight excluding hydrogens is 1600 g/mol. The molecule has 0 unspecified atom stereocenters. The minimum Gasteiger partial charge on any atom is -0.465 e. The Balaban J connectivity index is 2.38. The third-order valence-electron chi connectivity index (χ3n) is 17.4. The van der Waals surface area contributed by atoms with Crippen molar-refractivity contribution in [3.05, 3.63) is 29.3 Å². The predicted molar refractivity (Wildman–Crippen MR) is 430 cm³/mol. The summed E-state index contributed by atoms with van der Waals surface area (Å²) in [6, 6.07) is 2.60. The zero-order valence-electron chi connectivity index (χ0n) is 73.9. The second-order valence-electron chi connectivity index (χ2n) is 36.6. The fraction of sp³-hybridized carbons (Fsp3) is 0.765. The summed E-state index contributed by atoms with van der Waals surface area (Å²) in [5.74, 6) is -8.09. The molecule has 0 fully saturated rings. The van der Waals surface area contributed by atoms with E-state index in [0.29, 0.717) is 58.0 Å². The summed E-state index contributed by atoms with van der Waals surface area (Å²) in [5.41, 5.74) is -6.52. The van der Waals surface area contributed by atoms with Crippen LogP contribution in [0.25, 0.3) is 0 Å². The van der Waals surface area contributed by atoms with Crippen LogP contribution in [0.2, 0.25) is 0 Å². The van der Waals surface area contributed by atoms with Gasteiger partial charge in [0.05, 0.1) is 122 Å². The molecule has 686 valence electrons. The van der Waals surface area contributed by atoms with Gasteiger partial charge in [0.2, 0.25) is 0 Å². The molecule has 1 aromatic rings. The zero-order chi connectivity index (χ0) is 91.0. The lowest BCUT2D eigenvalue weighted by Gasteiger charge is -2.24. The van der Waals surface area contributed by atoms with Crippen LogP contribution in [0.1, 0.15) is 286 Å². The van der Waals surface area contributed by atoms with Gasteiger partial charge in [0, 0.05) is 127 Å². The number of hydrogen-bond acceptors (Lipinski definition) is 33. The molecule has 0 bridgehead atoms. The van der Waals surface area contributed by atoms with E-state index in [1.54, 1.807) is 104 Å². The Morgan fingerprint density at radius 1 is 0.242 bits per heavy atom. The highest BCUT2D eigenvalue weighted by Crippen LogP contribution is 2.27. The third kappa shape index (κ3) is 56.2. The minimum atomic E-state index is -4.99. The maximum Gasteiger partial charge on any atom is 0.338 e. The van der Waals surface area contributed by atoms with E-state index in [0.717, 1.165) is 18.2 Å². The van der Waals surface area contributed by atoms with Gasteiger partial charge in [-0.05, 0) is 95.2 Å². The fourth-order valence-electron chi connectivity index (χ4n) is 9.98. The maximum atomic E-state index is 13.3. The summed E-state index contributed by atoms with van der Waals surface area (Å²) in [7, 11) is -3.41. The topological polar surface area (TPSA) is 461 Å². The molecule has 1 aromatic carbocycles. The predicted octanol–water partition coefficient (Wildman–Crippen LogP) is 12.5. The average Bonchev–Trinajstić information content (AvgIpc) is 0.807. The Morgan fingerprint density at radius 3 is 0.525 bits per heavy atom. The molecule has 120 heavy (non-hydrogen) atoms. The van der Waals surface area contributed by atoms with Crippen molar-refractivity contribution in [1.82, 2.24) is 0 Å². The van der Waals surface area contributed by atoms with Gasteiger partial charge in [-0.15, -0.1) is 0 Å². The molecule has 0 saturated carbocycles. The van der Waals surface area contributed by atoms with E-state index >= 15 is 0 Å². The van der Waals surface area contributed by atoms with E-state index in [9.17, 15) is 80.1 Å². The Kier molecular flexibility index (Phi) is 50.1. The van der Waals surface area contributed by atoms with Gasteiger partial charge in [0.25, 0.3) is 10.1 Å². The second kappa shape index (κ2) is 54.9. The lowest BCUT2D eigenvalue weighted by Crippen LogP contribution is -2.29. The number of unbranched alkanes of at least 4 members (excludes halogenated alkanes) is 6. The van der Waals surface area contributed by atoms with E-state index in [-0.39, 0.29) is 213 Å². The molecule has 1 rings (SSSR count). The Morgan fingerprint density at radius 2 is 0.383 bits per heavy atom. The van der Waals surface area contributed by atoms with Gasteiger partial charge in [-0.3, -0.25) is 67.3 Å². The number of methoxy groups -OCH3 is 1. The van der Waals surface area contributed by atoms with Crippen LogP contribution < -0.4 is 0 Å². The van der Waals surface area contributed by atoms with Crippen LogP contribution in [0.4, 0.5) is 0 Å². The largest absolute Gasteiger partial charge is 0.465 e. The van der Waals surface area contributed by atoms with Gasteiger partial charge in [-0.1, -0.05) is 111 Å². The first-order valence-electron chi connectivity index (χ1n) is 40.8. The van der Waals surface area contributed by atoms with Crippen molar-refractivity contribution >= 4 is 93.7 Å². The summed E-state index contributed by atoms with van der Waals surface area (Å²) >= 11 is 0. The van der Waals surface area contributed by atoms with Crippen molar-refractivity contribution in [2.75, 3.05) is 113 Å². The second-order valence-corrected chi connectivity index (χ2v) is 38.0. The van der Waals surface area contributed by atoms with E-state index < -0.39 is 142 Å². The molecule has 0 aliphatic heterocycles. The molecule has 35 heteroatoms. The van der Waals surface area contributed by atoms with Crippen LogP contribution in [0, 0.1) is 43.3 Å². The first-order valence-corrected chi connectivity index (χ1v) is 42.2. The van der Waals surface area contributed by atoms with Gasteiger partial charge >= 0.3 is 83.6 Å². The van der Waals surface area contributed by atoms with Crippen molar-refractivity contribution < 1.29 is 161 Å². The van der Waals surface area contributed by atoms with Gasteiger partial charge in [-0.2, -0.15) is 8.42 Å². The molecule has 0 heterocycles. The van der Waals surface area contributed by atoms with Gasteiger partial charge in [-0.25, -0.2) is 14.5 Å². The van der Waals surface area contributed by atoms with E-state index in [4.69, 9.17) is 76.3 Å². The molecule has 0 saturated heterocycles. The van der Waals surface area contributed by atoms with Crippen LogP contribution in [0.15, 0.2) is 23.1 Å². The van der Waals surface area contributed by atoms with Crippen LogP contribution in [-0.2, 0) is 144 Å². The standard InChI is InChI=1S/C85H136O34S/c1-78(2,45-104-17)46-105-64(86)30-18-19-31-65(87)106-47-79(3,4)48-107-66(88)32-20-21-33-67(89)108-49-80(5,6)52-111-70(92)36-24-26-39-73(95)114-55-83(11,12)58-117-76(98)61-42-62(44-63(43-61)120(101,102)103)77(99)118-59-84(13,14)56-115-74(96)40-27-25-37-71(93)112-53-81(7,8)50-109-68(90)34-22-23-35-69(91)110-51-82(9,10)54-113-72(94)38-28-29-41-75(97)116-57-85(15,16)60-119-100/h42-44,100H,18-41,45-60H2,1-17H3,(H,101,102,103). The first-order chi connectivity index (χ1) is 55.7. The molecule has 0 aliphatic rings. The smallest absolute Gasteiger partial charge is 0.338 e. The number of hydrogen-bond donors (Lipinski definition) is 2. The third-order valence-corrected chi connectivity index (χ3v) is 18.2. The molecule has 0 aliphatic carbocycles. The molecular formula is C85H136O34S. The fourth-order valence-corrected chi connectivity index (χ4v) is 10.5. The minimum absolute atomic E-state index is 0.00103. The lowest BCUT2D eigenvalue weighted by atomic mass is 9.96. The molecule has 0 aromatic heterocycles. The monoisotopic (exact) mass is 1730 g/mol. The summed E-state index contributed by atoms with van der Waals surface area (Å²) in [5, 5.41) is 8.63. The van der Waals surface area contributed by atoms with Crippen molar-refractivity contribution in [3.63, 3.8) is 0 Å². The van der Waals surface area contributed by atoms with Crippen molar-refractivity contribution in [2.45, 2.75) is 270 Å². The maximum absolute atomic E-state index is 13.3. The first kappa shape index (κ1) is 110. The number of carbonyl (C=O) groups excluding carboxylic acids is 14. The molecule has 0 radical (unpaired) electrons. The zero-order valence-corrected chi connectivity index (χ0v) is 74.7. The summed E-state index contributed by atoms with van der Waals surface area (Å²) < 4.78 is 115. The lowest BCUT2D eigenvalue weighted by molar-refractivity contribution is -0.262. The Labute approximate surface area is 707 Å². The highest BCUT2D eigenvalue weighted by atomic mass is 32.2. The van der Waals surface area contributed by atoms with Crippen LogP contribution in [0.3, 0.4) is 0 Å². The molecule has 0 atom stereocenters. The van der Waals surface area contributed by atoms with Gasteiger partial charge in [0.15, 0.2) is 0 Å². The number of rotatable bonds is 65. The molecule has 0 amide bonds. The van der Waals surface area contributed by atoms with Crippen molar-refractivity contribution in [2.24, 2.45) is 43.3 Å². The van der Waals surface area contributed by atoms with E-state index in [1.807, 2.05) is 13.8 Å². The van der Waals surface area contributed by atoms with Crippen LogP contribution in [0.5, 0.6) is 0 Å². The number of benzene rings is 1. The quantitative estimate of drug-likeness (QED) is 0.0153. The molecule has 34 nitrogen and oxygen atoms in total.